The predicted molar refractivity (Wildman–Crippen MR) is 99.1 cm³/mol. The van der Waals surface area contributed by atoms with Gasteiger partial charge in [-0.1, -0.05) is 36.0 Å². The van der Waals surface area contributed by atoms with Crippen molar-refractivity contribution in [2.24, 2.45) is 0 Å². The van der Waals surface area contributed by atoms with Crippen molar-refractivity contribution in [3.05, 3.63) is 35.9 Å². The Morgan fingerprint density at radius 1 is 1.24 bits per heavy atom. The first kappa shape index (κ1) is 19.8. The van der Waals surface area contributed by atoms with E-state index in [0.717, 1.165) is 16.6 Å². The number of hydrogen-bond acceptors (Lipinski definition) is 4. The topological polar surface area (TPSA) is 38.5 Å². The van der Waals surface area contributed by atoms with E-state index in [1.807, 2.05) is 36.0 Å². The summed E-state index contributed by atoms with van der Waals surface area (Å²) >= 11 is 1.85. The minimum absolute atomic E-state index is 0. The van der Waals surface area contributed by atoms with Crippen LogP contribution in [0.15, 0.2) is 30.3 Å². The van der Waals surface area contributed by atoms with E-state index in [9.17, 15) is 4.79 Å². The third-order valence-corrected chi connectivity index (χ3v) is 5.89. The number of ketones is 1. The molecule has 0 aromatic heterocycles. The third kappa shape index (κ3) is 3.70. The Morgan fingerprint density at radius 3 is 2.48 bits per heavy atom. The van der Waals surface area contributed by atoms with Crippen LogP contribution < -0.4 is 26.5 Å². The molecule has 4 nitrogen and oxygen atoms in total. The summed E-state index contributed by atoms with van der Waals surface area (Å²) in [6.07, 6.45) is 0. The zero-order chi connectivity index (χ0) is 17.3. The largest absolute Gasteiger partial charge is 1.00 e. The summed E-state index contributed by atoms with van der Waals surface area (Å²) in [5, 5.41) is 2.31. The van der Waals surface area contributed by atoms with Gasteiger partial charge in [-0.2, -0.15) is 0 Å². The molecule has 0 N–H and O–H groups in total. The van der Waals surface area contributed by atoms with Crippen molar-refractivity contribution in [1.82, 2.24) is 0 Å². The van der Waals surface area contributed by atoms with Crippen LogP contribution in [0.3, 0.4) is 0 Å². The summed E-state index contributed by atoms with van der Waals surface area (Å²) in [5.41, 5.74) is 1.82. The smallest absolute Gasteiger partial charge is 0.230 e. The Bertz CT molecular complexity index is 835. The highest BCUT2D eigenvalue weighted by molar-refractivity contribution is 8.00. The maximum Gasteiger partial charge on any atom is 0.230 e. The predicted octanol–water partition coefficient (Wildman–Crippen LogP) is 0.610. The van der Waals surface area contributed by atoms with E-state index < -0.39 is 0 Å². The summed E-state index contributed by atoms with van der Waals surface area (Å²) in [4.78, 5) is 12.9. The monoisotopic (exact) mass is 423 g/mol. The van der Waals surface area contributed by atoms with Gasteiger partial charge in [-0.15, -0.1) is 0 Å². The number of carbonyl (C=O) groups excluding carboxylic acids is 1. The molecule has 0 bridgehead atoms. The number of rotatable bonds is 5. The fraction of sp³-hybridized carbons (Fsp3) is 0.368. The molecule has 0 fully saturated rings. The number of benzene rings is 2. The van der Waals surface area contributed by atoms with E-state index in [1.165, 1.54) is 5.71 Å². The van der Waals surface area contributed by atoms with Gasteiger partial charge in [0.15, 0.2) is 11.6 Å². The molecule has 0 spiro atoms. The number of halogens is 1. The van der Waals surface area contributed by atoms with Gasteiger partial charge in [0, 0.05) is 17.7 Å². The van der Waals surface area contributed by atoms with Crippen molar-refractivity contribution < 1.29 is 35.8 Å². The molecule has 0 aliphatic carbocycles. The van der Waals surface area contributed by atoms with Crippen LogP contribution in [-0.2, 0) is 0 Å². The molecule has 0 amide bonds. The molecule has 0 radical (unpaired) electrons. The number of fused-ring (bicyclic) bond motifs is 1. The van der Waals surface area contributed by atoms with Crippen LogP contribution in [0.25, 0.3) is 10.8 Å². The van der Waals surface area contributed by atoms with Crippen LogP contribution in [0.4, 0.5) is 0 Å². The van der Waals surface area contributed by atoms with Gasteiger partial charge >= 0.3 is 0 Å². The molecule has 3 rings (SSSR count). The van der Waals surface area contributed by atoms with Gasteiger partial charge in [-0.25, -0.2) is 4.58 Å². The van der Waals surface area contributed by atoms with E-state index in [0.29, 0.717) is 28.9 Å². The number of methoxy groups -OCH3 is 2. The van der Waals surface area contributed by atoms with Gasteiger partial charge in [0.25, 0.3) is 0 Å². The fourth-order valence-corrected chi connectivity index (χ4v) is 4.11. The summed E-state index contributed by atoms with van der Waals surface area (Å²) in [7, 11) is 3.23. The fourth-order valence-electron chi connectivity index (χ4n) is 3.02. The Kier molecular flexibility index (Phi) is 6.52. The van der Waals surface area contributed by atoms with Gasteiger partial charge < -0.3 is 26.5 Å². The lowest BCUT2D eigenvalue weighted by molar-refractivity contribution is -0.491. The summed E-state index contributed by atoms with van der Waals surface area (Å²) in [5.74, 6) is 2.21. The highest BCUT2D eigenvalue weighted by atomic mass is 79.9. The Hall–Kier alpha value is -1.53. The molecule has 6 heteroatoms. The molecule has 1 atom stereocenters. The second-order valence-corrected chi connectivity index (χ2v) is 7.20. The minimum atomic E-state index is 0. The average Bonchev–Trinajstić information content (AvgIpc) is 2.92. The van der Waals surface area contributed by atoms with E-state index in [1.54, 1.807) is 20.3 Å². The average molecular weight is 424 g/mol. The van der Waals surface area contributed by atoms with Crippen molar-refractivity contribution >= 4 is 34.0 Å². The maximum atomic E-state index is 12.9. The molecule has 2 aromatic carbocycles. The van der Waals surface area contributed by atoms with Crippen LogP contribution in [0, 0.1) is 0 Å². The Balaban J connectivity index is 0.00000225. The van der Waals surface area contributed by atoms with Gasteiger partial charge in [0.2, 0.25) is 12.3 Å². The van der Waals surface area contributed by atoms with Gasteiger partial charge in [-0.05, 0) is 13.0 Å². The molecule has 1 aliphatic heterocycles. The van der Waals surface area contributed by atoms with Crippen molar-refractivity contribution in [1.29, 1.82) is 0 Å². The zero-order valence-corrected chi connectivity index (χ0v) is 17.2. The van der Waals surface area contributed by atoms with Gasteiger partial charge in [0.05, 0.1) is 25.0 Å². The van der Waals surface area contributed by atoms with Gasteiger partial charge in [0.1, 0.15) is 11.5 Å². The highest BCUT2D eigenvalue weighted by Crippen LogP contribution is 2.37. The minimum Gasteiger partial charge on any atom is -1.00 e. The number of hydrogen-bond donors (Lipinski definition) is 0. The molecule has 1 unspecified atom stereocenters. The van der Waals surface area contributed by atoms with Crippen molar-refractivity contribution in [2.45, 2.75) is 19.1 Å². The molecule has 134 valence electrons. The van der Waals surface area contributed by atoms with Crippen molar-refractivity contribution in [3.63, 3.8) is 0 Å². The van der Waals surface area contributed by atoms with Crippen molar-refractivity contribution in [3.8, 4) is 11.5 Å². The molecule has 0 saturated heterocycles. The molecule has 0 saturated carbocycles. The number of thioether (sulfide) groups is 1. The first-order valence-electron chi connectivity index (χ1n) is 7.93. The Labute approximate surface area is 163 Å². The van der Waals surface area contributed by atoms with Crippen molar-refractivity contribution in [2.75, 3.05) is 26.6 Å². The van der Waals surface area contributed by atoms with E-state index >= 15 is 0 Å². The zero-order valence-electron chi connectivity index (χ0n) is 14.8. The van der Waals surface area contributed by atoms with Crippen LogP contribution >= 0.6 is 11.8 Å². The second-order valence-electron chi connectivity index (χ2n) is 5.91. The molecule has 25 heavy (non-hydrogen) atoms. The number of ether oxygens (including phenoxy) is 2. The Morgan fingerprint density at radius 2 is 1.92 bits per heavy atom. The molecule has 1 heterocycles. The maximum absolute atomic E-state index is 12.9. The van der Waals surface area contributed by atoms with E-state index in [4.69, 9.17) is 9.47 Å². The lowest BCUT2D eigenvalue weighted by atomic mass is 10.0. The lowest BCUT2D eigenvalue weighted by Gasteiger charge is -2.14. The number of Topliss-reactive ketones (excluding diaryl/α,β-unsaturated/α-hetero) is 1. The molecule has 1 aliphatic rings. The quantitative estimate of drug-likeness (QED) is 0.521. The number of carbonyl (C=O) groups is 1. The van der Waals surface area contributed by atoms with Crippen LogP contribution in [0.1, 0.15) is 24.2 Å². The van der Waals surface area contributed by atoms with E-state index in [-0.39, 0.29) is 22.8 Å². The summed E-state index contributed by atoms with van der Waals surface area (Å²) < 4.78 is 13.2. The van der Waals surface area contributed by atoms with Crippen LogP contribution in [0.2, 0.25) is 0 Å². The summed E-state index contributed by atoms with van der Waals surface area (Å²) in [6, 6.07) is 9.62. The SMILES string of the molecule is COc1cc(C(=O)C[N+]2=C(C)C(C)SC2)c(OC)c2ccccc12.[Br-]. The van der Waals surface area contributed by atoms with Crippen LogP contribution in [0.5, 0.6) is 11.5 Å². The first-order valence-corrected chi connectivity index (χ1v) is 8.98. The standard InChI is InChI=1S/C19H22NO3S.BrH/c1-12-13(2)24-11-20(12)10-17(21)16-9-18(22-3)14-7-5-6-8-15(14)19(16)23-4;/h5-9,13H,10-11H2,1-4H3;1H/q+1;/p-1. The van der Waals surface area contributed by atoms with Crippen LogP contribution in [-0.4, -0.2) is 48.0 Å². The van der Waals surface area contributed by atoms with E-state index in [2.05, 4.69) is 18.4 Å². The highest BCUT2D eigenvalue weighted by Gasteiger charge is 2.30. The molecule has 2 aromatic rings. The number of nitrogens with zero attached hydrogens (tertiary/aromatic N) is 1. The second kappa shape index (κ2) is 8.23. The first-order chi connectivity index (χ1) is 11.6. The van der Waals surface area contributed by atoms with Gasteiger partial charge in [-0.3, -0.25) is 4.79 Å². The summed E-state index contributed by atoms with van der Waals surface area (Å²) in [6.45, 7) is 4.63. The molecular formula is C19H22BrNO3S. The lowest BCUT2D eigenvalue weighted by Crippen LogP contribution is -3.00. The molecular weight excluding hydrogens is 402 g/mol. The normalized spacial score (nSPS) is 16.7. The third-order valence-electron chi connectivity index (χ3n) is 4.58.